The molecule has 2 fully saturated rings. The molecule has 5 rings (SSSR count). The normalized spacial score (nSPS) is 29.8. The number of aliphatic carboxylic acids is 1. The van der Waals surface area contributed by atoms with E-state index < -0.39 is 11.9 Å². The lowest BCUT2D eigenvalue weighted by molar-refractivity contribution is -0.138. The van der Waals surface area contributed by atoms with Crippen LogP contribution in [0.2, 0.25) is 0 Å². The largest absolute Gasteiger partial charge is 0.490 e. The summed E-state index contributed by atoms with van der Waals surface area (Å²) in [5, 5.41) is 10.6. The molecule has 162 valence electrons. The number of carboxylic acid groups (broad SMARTS) is 1. The highest BCUT2D eigenvalue weighted by Gasteiger charge is 2.40. The smallest absolute Gasteiger partial charge is 0.311 e. The van der Waals surface area contributed by atoms with E-state index in [0.717, 1.165) is 86.4 Å². The number of thiophene rings is 1. The number of carbonyl (C=O) groups is 1. The molecule has 2 aromatic rings. The third-order valence-electron chi connectivity index (χ3n) is 7.47. The highest BCUT2D eigenvalue weighted by Crippen LogP contribution is 2.47. The molecule has 1 saturated carbocycles. The molecule has 1 aliphatic heterocycles. The second-order valence-electron chi connectivity index (χ2n) is 8.85. The first-order valence-corrected chi connectivity index (χ1v) is 12.1. The highest BCUT2D eigenvalue weighted by molar-refractivity contribution is 7.19. The van der Waals surface area contributed by atoms with Crippen molar-refractivity contribution in [2.45, 2.75) is 69.4 Å². The minimum Gasteiger partial charge on any atom is -0.490 e. The molecule has 6 nitrogen and oxygen atoms in total. The van der Waals surface area contributed by atoms with E-state index in [1.54, 1.807) is 17.5 Å². The summed E-state index contributed by atoms with van der Waals surface area (Å²) >= 11 is 1.63. The van der Waals surface area contributed by atoms with Crippen LogP contribution in [0.1, 0.15) is 61.8 Å². The van der Waals surface area contributed by atoms with Gasteiger partial charge in [0.25, 0.3) is 0 Å². The zero-order valence-corrected chi connectivity index (χ0v) is 18.4. The fraction of sp³-hybridized carbons (Fsp3) is 0.652. The Hall–Kier alpha value is -1.70. The van der Waals surface area contributed by atoms with Crippen LogP contribution in [0.5, 0.6) is 5.75 Å². The van der Waals surface area contributed by atoms with E-state index >= 15 is 0 Å². The van der Waals surface area contributed by atoms with Crippen LogP contribution in [0.25, 0.3) is 10.2 Å². The molecule has 3 heterocycles. The highest BCUT2D eigenvalue weighted by atomic mass is 32.1. The Bertz CT molecular complexity index is 929. The lowest BCUT2D eigenvalue weighted by atomic mass is 9.77. The van der Waals surface area contributed by atoms with Crippen LogP contribution in [0.4, 0.5) is 0 Å². The molecule has 0 unspecified atom stereocenters. The maximum Gasteiger partial charge on any atom is 0.311 e. The Morgan fingerprint density at radius 3 is 2.80 bits per heavy atom. The molecular weight excluding hydrogens is 400 g/mol. The van der Waals surface area contributed by atoms with E-state index in [1.165, 1.54) is 4.88 Å². The fourth-order valence-corrected chi connectivity index (χ4v) is 6.97. The standard InChI is InChI=1S/C23H30N2O4S/c1-2-23(25-11-13-28-14-12-25)8-5-15(6-9-23)29-17-7-10-24-21-20(17)19-16(22(26)27)3-4-18(19)30-21/h7,10,15-16H,2-6,8-9,11-14H2,1H3,(H,26,27)/t15-,16-,23-/m0/s1. The summed E-state index contributed by atoms with van der Waals surface area (Å²) in [6.45, 7) is 6.04. The van der Waals surface area contributed by atoms with Gasteiger partial charge < -0.3 is 14.6 Å². The van der Waals surface area contributed by atoms with Gasteiger partial charge in [0.05, 0.1) is 30.6 Å². The first kappa shape index (κ1) is 20.2. The van der Waals surface area contributed by atoms with Crippen LogP contribution < -0.4 is 4.74 Å². The molecule has 1 N–H and O–H groups in total. The first-order valence-electron chi connectivity index (χ1n) is 11.2. The molecule has 0 bridgehead atoms. The molecule has 2 aromatic heterocycles. The van der Waals surface area contributed by atoms with Crippen LogP contribution in [0.15, 0.2) is 12.3 Å². The number of pyridine rings is 1. The molecule has 1 atom stereocenters. The zero-order valence-electron chi connectivity index (χ0n) is 17.6. The van der Waals surface area contributed by atoms with E-state index in [0.29, 0.717) is 6.42 Å². The van der Waals surface area contributed by atoms with Gasteiger partial charge in [0.15, 0.2) is 0 Å². The van der Waals surface area contributed by atoms with Gasteiger partial charge in [-0.3, -0.25) is 9.69 Å². The second kappa shape index (κ2) is 8.09. The van der Waals surface area contributed by atoms with E-state index in [4.69, 9.17) is 9.47 Å². The molecule has 7 heteroatoms. The molecular formula is C23H30N2O4S. The van der Waals surface area contributed by atoms with Gasteiger partial charge in [-0.25, -0.2) is 4.98 Å². The number of nitrogens with zero attached hydrogens (tertiary/aromatic N) is 2. The van der Waals surface area contributed by atoms with Crippen LogP contribution >= 0.6 is 11.3 Å². The van der Waals surface area contributed by atoms with Crippen molar-refractivity contribution in [1.82, 2.24) is 9.88 Å². The number of fused-ring (bicyclic) bond motifs is 3. The monoisotopic (exact) mass is 430 g/mol. The summed E-state index contributed by atoms with van der Waals surface area (Å²) in [7, 11) is 0. The van der Waals surface area contributed by atoms with Crippen LogP contribution in [-0.2, 0) is 16.0 Å². The van der Waals surface area contributed by atoms with Crippen LogP contribution in [-0.4, -0.2) is 58.9 Å². The Balaban J connectivity index is 1.35. The number of rotatable bonds is 5. The maximum atomic E-state index is 11.8. The zero-order chi connectivity index (χ0) is 20.7. The average molecular weight is 431 g/mol. The molecule has 0 radical (unpaired) electrons. The minimum absolute atomic E-state index is 0.177. The van der Waals surface area contributed by atoms with Crippen LogP contribution in [0.3, 0.4) is 0 Å². The van der Waals surface area contributed by atoms with Gasteiger partial charge >= 0.3 is 5.97 Å². The Morgan fingerprint density at radius 1 is 1.33 bits per heavy atom. The molecule has 30 heavy (non-hydrogen) atoms. The lowest BCUT2D eigenvalue weighted by Gasteiger charge is -2.49. The van der Waals surface area contributed by atoms with E-state index in [-0.39, 0.29) is 11.6 Å². The van der Waals surface area contributed by atoms with Crippen molar-refractivity contribution < 1.29 is 19.4 Å². The number of ether oxygens (including phenoxy) is 2. The number of carboxylic acids is 1. The van der Waals surface area contributed by atoms with Gasteiger partial charge in [0.2, 0.25) is 0 Å². The van der Waals surface area contributed by atoms with Crippen molar-refractivity contribution in [1.29, 1.82) is 0 Å². The number of aromatic nitrogens is 1. The summed E-state index contributed by atoms with van der Waals surface area (Å²) in [5.74, 6) is -0.342. The van der Waals surface area contributed by atoms with Crippen molar-refractivity contribution in [2.24, 2.45) is 0 Å². The molecule has 0 aromatic carbocycles. The Morgan fingerprint density at radius 2 is 2.10 bits per heavy atom. The SMILES string of the molecule is CC[C@]1(N2CCOCC2)CC[C@H](Oc2ccnc3sc4c(c23)[C@@H](C(=O)O)CC4)CC1. The fourth-order valence-electron chi connectivity index (χ4n) is 5.74. The minimum atomic E-state index is -0.737. The lowest BCUT2D eigenvalue weighted by Crippen LogP contribution is -2.55. The van der Waals surface area contributed by atoms with Crippen molar-refractivity contribution in [3.8, 4) is 5.75 Å². The molecule has 2 aliphatic carbocycles. The molecule has 1 saturated heterocycles. The van der Waals surface area contributed by atoms with Gasteiger partial charge in [-0.2, -0.15) is 0 Å². The van der Waals surface area contributed by atoms with Crippen molar-refractivity contribution >= 4 is 27.5 Å². The summed E-state index contributed by atoms with van der Waals surface area (Å²) in [4.78, 5) is 21.0. The van der Waals surface area contributed by atoms with E-state index in [9.17, 15) is 9.90 Å². The van der Waals surface area contributed by atoms with E-state index in [1.807, 2.05) is 6.07 Å². The Labute approximate surface area is 181 Å². The molecule has 3 aliphatic rings. The van der Waals surface area contributed by atoms with Gasteiger partial charge in [0, 0.05) is 29.7 Å². The predicted octanol–water partition coefficient (Wildman–Crippen LogP) is 4.21. The summed E-state index contributed by atoms with van der Waals surface area (Å²) in [6, 6.07) is 1.93. The quantitative estimate of drug-likeness (QED) is 0.766. The topological polar surface area (TPSA) is 71.9 Å². The van der Waals surface area contributed by atoms with Crippen LogP contribution in [0, 0.1) is 0 Å². The summed E-state index contributed by atoms with van der Waals surface area (Å²) in [6.07, 6.45) is 9.00. The molecule has 0 amide bonds. The maximum absolute atomic E-state index is 11.8. The summed E-state index contributed by atoms with van der Waals surface area (Å²) < 4.78 is 12.1. The van der Waals surface area contributed by atoms with Gasteiger partial charge in [-0.05, 0) is 56.6 Å². The number of aryl methyl sites for hydroxylation is 1. The number of hydrogen-bond acceptors (Lipinski definition) is 6. The summed E-state index contributed by atoms with van der Waals surface area (Å²) in [5.41, 5.74) is 1.23. The number of hydrogen-bond donors (Lipinski definition) is 1. The predicted molar refractivity (Wildman–Crippen MR) is 117 cm³/mol. The van der Waals surface area contributed by atoms with Crippen molar-refractivity contribution in [2.75, 3.05) is 26.3 Å². The Kier molecular flexibility index (Phi) is 5.45. The number of morpholine rings is 1. The second-order valence-corrected chi connectivity index (χ2v) is 9.94. The average Bonchev–Trinajstić information content (AvgIpc) is 3.34. The van der Waals surface area contributed by atoms with Crippen molar-refractivity contribution in [3.05, 3.63) is 22.7 Å². The third-order valence-corrected chi connectivity index (χ3v) is 8.64. The van der Waals surface area contributed by atoms with Gasteiger partial charge in [-0.1, -0.05) is 6.92 Å². The molecule has 0 spiro atoms. The third kappa shape index (κ3) is 3.41. The van der Waals surface area contributed by atoms with Crippen molar-refractivity contribution in [3.63, 3.8) is 0 Å². The first-order chi connectivity index (χ1) is 14.6. The van der Waals surface area contributed by atoms with Gasteiger partial charge in [-0.15, -0.1) is 11.3 Å². The van der Waals surface area contributed by atoms with Gasteiger partial charge in [0.1, 0.15) is 10.6 Å². The van der Waals surface area contributed by atoms with E-state index in [2.05, 4.69) is 16.8 Å².